The number of rotatable bonds is 5. The number of hydrogen-bond acceptors (Lipinski definition) is 3. The molecule has 0 amide bonds. The van der Waals surface area contributed by atoms with Crippen LogP contribution in [0.3, 0.4) is 0 Å². The highest BCUT2D eigenvalue weighted by Gasteiger charge is 2.68. The Kier molecular flexibility index (Phi) is 5.94. The molecule has 0 heterocycles. The fourth-order valence-corrected chi connectivity index (χ4v) is 4.17. The van der Waals surface area contributed by atoms with Gasteiger partial charge in [-0.1, -0.05) is 19.3 Å². The molecule has 24 heavy (non-hydrogen) atoms. The molecule has 144 valence electrons. The largest absolute Gasteiger partial charge is 0.483 e. The monoisotopic (exact) mass is 400 g/mol. The van der Waals surface area contributed by atoms with Crippen LogP contribution in [0.15, 0.2) is 0 Å². The predicted octanol–water partition coefficient (Wildman–Crippen LogP) is 5.86. The third-order valence-corrected chi connectivity index (χ3v) is 5.54. The van der Waals surface area contributed by atoms with Crippen molar-refractivity contribution in [3.05, 3.63) is 0 Å². The fourth-order valence-electron chi connectivity index (χ4n) is 1.99. The maximum absolute atomic E-state index is 12.9. The highest BCUT2D eigenvalue weighted by molar-refractivity contribution is 7.54. The van der Waals surface area contributed by atoms with Gasteiger partial charge in [0.05, 0.1) is 5.66 Å². The highest BCUT2D eigenvalue weighted by atomic mass is 31.2. The molecule has 0 aromatic heterocycles. The normalized spacial score (nSPS) is 19.6. The summed E-state index contributed by atoms with van der Waals surface area (Å²) in [4.78, 5) is 0. The Morgan fingerprint density at radius 1 is 0.667 bits per heavy atom. The van der Waals surface area contributed by atoms with E-state index in [1.165, 1.54) is 0 Å². The van der Waals surface area contributed by atoms with Crippen molar-refractivity contribution < 1.29 is 57.5 Å². The minimum absolute atomic E-state index is 0.0660. The zero-order chi connectivity index (χ0) is 19.0. The van der Waals surface area contributed by atoms with Crippen molar-refractivity contribution >= 4 is 7.60 Å². The second-order valence-electron chi connectivity index (χ2n) is 5.04. The lowest BCUT2D eigenvalue weighted by Crippen LogP contribution is -2.43. The Labute approximate surface area is 128 Å². The minimum Gasteiger partial charge on any atom is -0.259 e. The second-order valence-corrected chi connectivity index (χ2v) is 7.22. The molecule has 0 unspecified atom stereocenters. The molecule has 0 saturated heterocycles. The molecular weight excluding hydrogens is 389 g/mol. The van der Waals surface area contributed by atoms with Gasteiger partial charge in [0.25, 0.3) is 0 Å². The van der Waals surface area contributed by atoms with E-state index < -0.39 is 50.7 Å². The Balaban J connectivity index is 3.20. The topological polar surface area (TPSA) is 35.5 Å². The van der Waals surface area contributed by atoms with Crippen LogP contribution < -0.4 is 0 Å². The first-order valence-corrected chi connectivity index (χ1v) is 8.03. The van der Waals surface area contributed by atoms with E-state index in [1.54, 1.807) is 0 Å². The van der Waals surface area contributed by atoms with Crippen LogP contribution in [0.2, 0.25) is 0 Å². The molecule has 0 radical (unpaired) electrons. The summed E-state index contributed by atoms with van der Waals surface area (Å²) in [5.74, 6) is 0. The van der Waals surface area contributed by atoms with E-state index in [9.17, 15) is 48.5 Å². The molecule has 0 bridgehead atoms. The average molecular weight is 400 g/mol. The van der Waals surface area contributed by atoms with Crippen molar-refractivity contribution in [2.45, 2.75) is 62.3 Å². The third-order valence-electron chi connectivity index (χ3n) is 3.17. The van der Waals surface area contributed by atoms with Gasteiger partial charge in [0, 0.05) is 0 Å². The molecule has 1 saturated carbocycles. The first kappa shape index (κ1) is 21.5. The summed E-state index contributed by atoms with van der Waals surface area (Å²) in [6, 6.07) is 0. The summed E-state index contributed by atoms with van der Waals surface area (Å²) in [7, 11) is -6.17. The van der Waals surface area contributed by atoms with Crippen LogP contribution in [-0.2, 0) is 13.6 Å². The number of alkyl halides is 10. The Bertz CT molecular complexity index is 448. The van der Waals surface area contributed by atoms with Crippen LogP contribution in [0, 0.1) is 0 Å². The standard InChI is InChI=1S/C10H11F10O3P/c11-7(12,13)9(17,18)22-24(21,6-4-2-1-3-5-6)23-10(19,20)8(14,15)16/h6H,1-5H2. The van der Waals surface area contributed by atoms with E-state index in [0.717, 1.165) is 0 Å². The van der Waals surface area contributed by atoms with Gasteiger partial charge >= 0.3 is 32.2 Å². The summed E-state index contributed by atoms with van der Waals surface area (Å²) in [6.45, 7) is 0. The quantitative estimate of drug-likeness (QED) is 0.429. The minimum atomic E-state index is -6.48. The van der Waals surface area contributed by atoms with Gasteiger partial charge in [-0.15, -0.1) is 0 Å². The first-order chi connectivity index (χ1) is 10.5. The van der Waals surface area contributed by atoms with Crippen molar-refractivity contribution in [2.75, 3.05) is 0 Å². The fraction of sp³-hybridized carbons (Fsp3) is 1.00. The number of halogens is 10. The van der Waals surface area contributed by atoms with Crippen LogP contribution in [0.5, 0.6) is 0 Å². The maximum Gasteiger partial charge on any atom is 0.483 e. The van der Waals surface area contributed by atoms with Gasteiger partial charge in [0.2, 0.25) is 0 Å². The van der Waals surface area contributed by atoms with Gasteiger partial charge in [-0.2, -0.15) is 43.9 Å². The molecule has 1 aliphatic carbocycles. The van der Waals surface area contributed by atoms with E-state index in [-0.39, 0.29) is 12.8 Å². The summed E-state index contributed by atoms with van der Waals surface area (Å²) >= 11 is 0. The van der Waals surface area contributed by atoms with Crippen molar-refractivity contribution in [3.63, 3.8) is 0 Å². The second kappa shape index (κ2) is 6.64. The molecule has 0 aromatic rings. The summed E-state index contributed by atoms with van der Waals surface area (Å²) in [5, 5.41) is 0. The van der Waals surface area contributed by atoms with Crippen LogP contribution in [0.25, 0.3) is 0 Å². The predicted molar refractivity (Wildman–Crippen MR) is 58.7 cm³/mol. The molecule has 0 aliphatic heterocycles. The van der Waals surface area contributed by atoms with Gasteiger partial charge in [-0.3, -0.25) is 4.57 Å². The van der Waals surface area contributed by atoms with Crippen LogP contribution in [0.1, 0.15) is 32.1 Å². The molecule has 1 rings (SSSR count). The van der Waals surface area contributed by atoms with Gasteiger partial charge in [0.15, 0.2) is 0 Å². The molecular formula is C10H11F10O3P. The average Bonchev–Trinajstić information content (AvgIpc) is 2.35. The smallest absolute Gasteiger partial charge is 0.259 e. The van der Waals surface area contributed by atoms with Crippen molar-refractivity contribution in [1.82, 2.24) is 0 Å². The molecule has 0 atom stereocenters. The third kappa shape index (κ3) is 4.75. The Morgan fingerprint density at radius 3 is 1.29 bits per heavy atom. The zero-order valence-corrected chi connectivity index (χ0v) is 12.5. The molecule has 0 spiro atoms. The van der Waals surface area contributed by atoms with Gasteiger partial charge < -0.3 is 0 Å². The van der Waals surface area contributed by atoms with Crippen molar-refractivity contribution in [3.8, 4) is 0 Å². The first-order valence-electron chi connectivity index (χ1n) is 6.42. The van der Waals surface area contributed by atoms with E-state index in [1.807, 2.05) is 0 Å². The lowest BCUT2D eigenvalue weighted by Gasteiger charge is -2.34. The SMILES string of the molecule is O=P(OC(F)(F)C(F)(F)F)(OC(F)(F)C(F)(F)F)C1CCCCC1. The summed E-state index contributed by atoms with van der Waals surface area (Å²) < 4.78 is 143. The molecule has 14 heteroatoms. The van der Waals surface area contributed by atoms with E-state index in [2.05, 4.69) is 9.05 Å². The molecule has 1 aliphatic rings. The van der Waals surface area contributed by atoms with Gasteiger partial charge in [-0.05, 0) is 12.8 Å². The lowest BCUT2D eigenvalue weighted by atomic mass is 10.0. The zero-order valence-electron chi connectivity index (χ0n) is 11.6. The van der Waals surface area contributed by atoms with Crippen LogP contribution in [-0.4, -0.2) is 30.2 Å². The maximum atomic E-state index is 12.9. The van der Waals surface area contributed by atoms with Crippen LogP contribution in [0.4, 0.5) is 43.9 Å². The molecule has 3 nitrogen and oxygen atoms in total. The van der Waals surface area contributed by atoms with Gasteiger partial charge in [-0.25, -0.2) is 9.05 Å². The van der Waals surface area contributed by atoms with Gasteiger partial charge in [0.1, 0.15) is 0 Å². The summed E-state index contributed by atoms with van der Waals surface area (Å²) in [6.07, 6.45) is -25.8. The van der Waals surface area contributed by atoms with Crippen molar-refractivity contribution in [2.24, 2.45) is 0 Å². The van der Waals surface area contributed by atoms with E-state index in [4.69, 9.17) is 0 Å². The molecule has 1 fully saturated rings. The van der Waals surface area contributed by atoms with Crippen molar-refractivity contribution in [1.29, 1.82) is 0 Å². The summed E-state index contributed by atoms with van der Waals surface area (Å²) in [5.41, 5.74) is -1.94. The molecule has 0 N–H and O–H groups in total. The number of hydrogen-bond donors (Lipinski definition) is 0. The Morgan fingerprint density at radius 2 is 1.00 bits per heavy atom. The lowest BCUT2D eigenvalue weighted by molar-refractivity contribution is -0.382. The van der Waals surface area contributed by atoms with E-state index in [0.29, 0.717) is 6.42 Å². The highest BCUT2D eigenvalue weighted by Crippen LogP contribution is 2.65. The Hall–Kier alpha value is -0.550. The van der Waals surface area contributed by atoms with E-state index >= 15 is 0 Å². The molecule has 0 aromatic carbocycles. The van der Waals surface area contributed by atoms with Crippen LogP contribution >= 0.6 is 7.60 Å².